The predicted molar refractivity (Wildman–Crippen MR) is 123 cm³/mol. The number of ketones is 2. The lowest BCUT2D eigenvalue weighted by Crippen LogP contribution is -2.44. The maximum Gasteiger partial charge on any atom is 0.162 e. The lowest BCUT2D eigenvalue weighted by Gasteiger charge is -2.49. The van der Waals surface area contributed by atoms with E-state index in [0.29, 0.717) is 41.1 Å². The molecule has 2 aliphatic carbocycles. The van der Waals surface area contributed by atoms with Gasteiger partial charge in [0, 0.05) is 58.4 Å². The Balaban J connectivity index is 2.05. The van der Waals surface area contributed by atoms with E-state index in [4.69, 9.17) is 23.2 Å². The molecule has 4 rings (SSSR count). The van der Waals surface area contributed by atoms with Crippen molar-refractivity contribution >= 4 is 34.8 Å². The van der Waals surface area contributed by atoms with Gasteiger partial charge in [-0.1, -0.05) is 50.9 Å². The Hall–Kier alpha value is -1.78. The Kier molecular flexibility index (Phi) is 5.34. The fourth-order valence-electron chi connectivity index (χ4n) is 5.55. The van der Waals surface area contributed by atoms with Crippen LogP contribution in [0.2, 0.25) is 10.0 Å². The summed E-state index contributed by atoms with van der Waals surface area (Å²) in [5.74, 6) is -0.713. The predicted octanol–water partition coefficient (Wildman–Crippen LogP) is 6.40. The molecule has 3 aliphatic rings. The molecule has 0 atom stereocenters. The monoisotopic (exact) mass is 461 g/mol. The van der Waals surface area contributed by atoms with E-state index in [1.165, 1.54) is 6.07 Å². The number of nitrogens with zero attached hydrogens (tertiary/aromatic N) is 1. The molecule has 1 N–H and O–H groups in total. The van der Waals surface area contributed by atoms with Gasteiger partial charge in [-0.15, -0.1) is 0 Å². The molecule has 0 saturated heterocycles. The van der Waals surface area contributed by atoms with Crippen LogP contribution in [0.1, 0.15) is 71.8 Å². The maximum absolute atomic E-state index is 13.5. The van der Waals surface area contributed by atoms with Crippen molar-refractivity contribution in [3.8, 4) is 5.75 Å². The van der Waals surface area contributed by atoms with Crippen molar-refractivity contribution in [2.75, 3.05) is 6.54 Å². The first-order chi connectivity index (χ1) is 14.3. The highest BCUT2D eigenvalue weighted by Crippen LogP contribution is 2.56. The van der Waals surface area contributed by atoms with Crippen LogP contribution in [0.4, 0.5) is 0 Å². The molecule has 1 aromatic carbocycles. The van der Waals surface area contributed by atoms with E-state index in [1.807, 2.05) is 0 Å². The Morgan fingerprint density at radius 2 is 1.42 bits per heavy atom. The van der Waals surface area contributed by atoms with E-state index in [9.17, 15) is 14.7 Å². The summed E-state index contributed by atoms with van der Waals surface area (Å²) >= 11 is 12.6. The average Bonchev–Trinajstić information content (AvgIpc) is 2.61. The van der Waals surface area contributed by atoms with Gasteiger partial charge in [-0.25, -0.2) is 0 Å². The number of rotatable bonds is 2. The standard InChI is InChI=1S/C25H29Cl2NO3/c1-6-28-16-9-24(2,3)11-18(29)21(16)20(14-7-13(26)8-15(27)23(14)31)22-17(28)10-25(4,5)12-19(22)30/h7-8,20,31H,6,9-12H2,1-5H3. The van der Waals surface area contributed by atoms with Crippen molar-refractivity contribution in [1.29, 1.82) is 0 Å². The number of hydrogen-bond donors (Lipinski definition) is 1. The Morgan fingerprint density at radius 3 is 1.87 bits per heavy atom. The highest BCUT2D eigenvalue weighted by atomic mass is 35.5. The first-order valence-electron chi connectivity index (χ1n) is 10.8. The van der Waals surface area contributed by atoms with Crippen molar-refractivity contribution in [3.63, 3.8) is 0 Å². The van der Waals surface area contributed by atoms with Gasteiger partial charge in [0.05, 0.1) is 5.02 Å². The minimum atomic E-state index is -0.642. The molecular weight excluding hydrogens is 433 g/mol. The summed E-state index contributed by atoms with van der Waals surface area (Å²) in [6.07, 6.45) is 2.27. The van der Waals surface area contributed by atoms with Crippen LogP contribution in [0.3, 0.4) is 0 Å². The summed E-state index contributed by atoms with van der Waals surface area (Å²) in [4.78, 5) is 29.2. The molecule has 31 heavy (non-hydrogen) atoms. The molecule has 0 amide bonds. The maximum atomic E-state index is 13.5. The number of halogens is 2. The van der Waals surface area contributed by atoms with E-state index in [2.05, 4.69) is 39.5 Å². The van der Waals surface area contributed by atoms with Crippen LogP contribution in [-0.2, 0) is 9.59 Å². The number of aromatic hydroxyl groups is 1. The third-order valence-corrected chi connectivity index (χ3v) is 7.21. The first-order valence-corrected chi connectivity index (χ1v) is 11.6. The van der Waals surface area contributed by atoms with Crippen LogP contribution >= 0.6 is 23.2 Å². The molecule has 4 nitrogen and oxygen atoms in total. The molecule has 0 radical (unpaired) electrons. The molecule has 0 fully saturated rings. The number of hydrogen-bond acceptors (Lipinski definition) is 4. The molecular formula is C25H29Cl2NO3. The minimum absolute atomic E-state index is 0.0226. The summed E-state index contributed by atoms with van der Waals surface area (Å²) < 4.78 is 0. The third-order valence-electron chi connectivity index (χ3n) is 6.71. The summed E-state index contributed by atoms with van der Waals surface area (Å²) in [6, 6.07) is 3.12. The van der Waals surface area contributed by atoms with Gasteiger partial charge >= 0.3 is 0 Å². The van der Waals surface area contributed by atoms with Crippen LogP contribution in [0.15, 0.2) is 34.7 Å². The summed E-state index contributed by atoms with van der Waals surface area (Å²) in [7, 11) is 0. The minimum Gasteiger partial charge on any atom is -0.506 e. The number of phenols is 1. The van der Waals surface area contributed by atoms with Crippen molar-refractivity contribution in [3.05, 3.63) is 50.3 Å². The third kappa shape index (κ3) is 3.72. The molecule has 0 aromatic heterocycles. The Morgan fingerprint density at radius 1 is 0.935 bits per heavy atom. The number of carbonyl (C=O) groups is 2. The van der Waals surface area contributed by atoms with Crippen LogP contribution in [-0.4, -0.2) is 28.1 Å². The Bertz CT molecular complexity index is 1010. The van der Waals surface area contributed by atoms with Crippen molar-refractivity contribution in [2.45, 2.75) is 66.2 Å². The molecule has 1 aliphatic heterocycles. The van der Waals surface area contributed by atoms with Crippen molar-refractivity contribution in [2.24, 2.45) is 10.8 Å². The normalized spacial score (nSPS) is 23.3. The fourth-order valence-corrected chi connectivity index (χ4v) is 6.06. The second-order valence-electron chi connectivity index (χ2n) is 10.6. The molecule has 6 heteroatoms. The average molecular weight is 462 g/mol. The quantitative estimate of drug-likeness (QED) is 0.552. The van der Waals surface area contributed by atoms with Gasteiger partial charge in [0.1, 0.15) is 5.75 Å². The number of carbonyl (C=O) groups excluding carboxylic acids is 2. The topological polar surface area (TPSA) is 57.6 Å². The van der Waals surface area contributed by atoms with Gasteiger partial charge in [0.2, 0.25) is 0 Å². The number of Topliss-reactive ketones (excluding diaryl/α,β-unsaturated/α-hetero) is 2. The molecule has 0 saturated carbocycles. The van der Waals surface area contributed by atoms with Crippen LogP contribution in [0.5, 0.6) is 5.75 Å². The van der Waals surface area contributed by atoms with Crippen LogP contribution < -0.4 is 0 Å². The zero-order valence-electron chi connectivity index (χ0n) is 18.7. The zero-order valence-corrected chi connectivity index (χ0v) is 20.2. The molecule has 0 unspecified atom stereocenters. The van der Waals surface area contributed by atoms with Gasteiger partial charge in [-0.3, -0.25) is 9.59 Å². The number of allylic oxidation sites excluding steroid dienone is 4. The Labute approximate surface area is 193 Å². The van der Waals surface area contributed by atoms with Gasteiger partial charge in [0.15, 0.2) is 11.6 Å². The fraction of sp³-hybridized carbons (Fsp3) is 0.520. The molecule has 1 heterocycles. The summed E-state index contributed by atoms with van der Waals surface area (Å²) in [5, 5.41) is 11.4. The SMILES string of the molecule is CCN1C2=C(C(=O)CC(C)(C)C2)C(c2cc(Cl)cc(Cl)c2O)C2=C1CC(C)(C)CC2=O. The summed E-state index contributed by atoms with van der Waals surface area (Å²) in [5.41, 5.74) is 3.25. The van der Waals surface area contributed by atoms with E-state index in [1.54, 1.807) is 6.07 Å². The van der Waals surface area contributed by atoms with Gasteiger partial charge in [0.25, 0.3) is 0 Å². The molecule has 1 aromatic rings. The first kappa shape index (κ1) is 22.4. The smallest absolute Gasteiger partial charge is 0.162 e. The van der Waals surface area contributed by atoms with Crippen molar-refractivity contribution < 1.29 is 14.7 Å². The van der Waals surface area contributed by atoms with Crippen LogP contribution in [0.25, 0.3) is 0 Å². The largest absolute Gasteiger partial charge is 0.506 e. The molecule has 0 bridgehead atoms. The van der Waals surface area contributed by atoms with Gasteiger partial charge in [-0.2, -0.15) is 0 Å². The van der Waals surface area contributed by atoms with Gasteiger partial charge < -0.3 is 10.0 Å². The van der Waals surface area contributed by atoms with Crippen LogP contribution in [0, 0.1) is 10.8 Å². The lowest BCUT2D eigenvalue weighted by atomic mass is 9.63. The highest BCUT2D eigenvalue weighted by molar-refractivity contribution is 6.35. The van der Waals surface area contributed by atoms with E-state index >= 15 is 0 Å². The highest BCUT2D eigenvalue weighted by Gasteiger charge is 2.49. The van der Waals surface area contributed by atoms with Crippen molar-refractivity contribution in [1.82, 2.24) is 4.90 Å². The number of benzene rings is 1. The second kappa shape index (κ2) is 7.38. The van der Waals surface area contributed by atoms with E-state index in [0.717, 1.165) is 24.2 Å². The summed E-state index contributed by atoms with van der Waals surface area (Å²) in [6.45, 7) is 11.1. The van der Waals surface area contributed by atoms with Gasteiger partial charge in [-0.05, 0) is 42.7 Å². The lowest BCUT2D eigenvalue weighted by molar-refractivity contribution is -0.119. The zero-order chi connectivity index (χ0) is 22.9. The molecule has 166 valence electrons. The van der Waals surface area contributed by atoms with E-state index < -0.39 is 5.92 Å². The van der Waals surface area contributed by atoms with E-state index in [-0.39, 0.29) is 33.2 Å². The second-order valence-corrected chi connectivity index (χ2v) is 11.4. The molecule has 0 spiro atoms. The number of phenolic OH excluding ortho intramolecular Hbond substituents is 1.